The van der Waals surface area contributed by atoms with Crippen molar-refractivity contribution in [2.75, 3.05) is 44.7 Å². The van der Waals surface area contributed by atoms with Crippen LogP contribution in [-0.2, 0) is 0 Å². The molecule has 1 unspecified atom stereocenters. The highest BCUT2D eigenvalue weighted by Crippen LogP contribution is 2.09. The fraction of sp³-hybridized carbons (Fsp3) is 0.909. The van der Waals surface area contributed by atoms with Gasteiger partial charge in [-0.1, -0.05) is 6.92 Å². The normalized spacial score (nSPS) is 21.1. The summed E-state index contributed by atoms with van der Waals surface area (Å²) in [6.45, 7) is 7.64. The second kappa shape index (κ2) is 7.10. The minimum absolute atomic E-state index is 0.132. The Bertz CT molecular complexity index is 206. The van der Waals surface area contributed by atoms with Gasteiger partial charge >= 0.3 is 0 Å². The van der Waals surface area contributed by atoms with E-state index < -0.39 is 0 Å². The fourth-order valence-electron chi connectivity index (χ4n) is 1.95. The average Bonchev–Trinajstić information content (AvgIpc) is 2.29. The predicted octanol–water partition coefficient (Wildman–Crippen LogP) is 1.27. The Labute approximate surface area is 97.4 Å². The molecule has 1 aliphatic rings. The molecule has 86 valence electrons. The number of rotatable bonds is 5. The number of hydrogen-bond acceptors (Lipinski definition) is 4. The molecule has 15 heavy (non-hydrogen) atoms. The van der Waals surface area contributed by atoms with Crippen molar-refractivity contribution < 1.29 is 0 Å². The van der Waals surface area contributed by atoms with E-state index in [1.807, 2.05) is 11.8 Å². The lowest BCUT2D eigenvalue weighted by molar-refractivity contribution is 0.117. The lowest BCUT2D eigenvalue weighted by Gasteiger charge is -2.36. The molecule has 0 spiro atoms. The summed E-state index contributed by atoms with van der Waals surface area (Å²) in [5, 5.41) is 8.98. The number of piperazine rings is 1. The van der Waals surface area contributed by atoms with Gasteiger partial charge in [0.15, 0.2) is 0 Å². The van der Waals surface area contributed by atoms with E-state index in [0.29, 0.717) is 0 Å². The Morgan fingerprint density at radius 2 is 2.00 bits per heavy atom. The van der Waals surface area contributed by atoms with Crippen LogP contribution in [0.3, 0.4) is 0 Å². The van der Waals surface area contributed by atoms with Crippen molar-refractivity contribution in [3.63, 3.8) is 0 Å². The van der Waals surface area contributed by atoms with E-state index in [-0.39, 0.29) is 6.04 Å². The van der Waals surface area contributed by atoms with Crippen molar-refractivity contribution in [3.05, 3.63) is 0 Å². The topological polar surface area (TPSA) is 30.3 Å². The van der Waals surface area contributed by atoms with Crippen molar-refractivity contribution in [1.29, 1.82) is 5.26 Å². The smallest absolute Gasteiger partial charge is 0.0976 e. The number of nitriles is 1. The maximum atomic E-state index is 8.98. The third-order valence-electron chi connectivity index (χ3n) is 3.00. The van der Waals surface area contributed by atoms with Gasteiger partial charge in [-0.05, 0) is 12.7 Å². The van der Waals surface area contributed by atoms with Crippen molar-refractivity contribution in [2.45, 2.75) is 19.4 Å². The molecule has 1 rings (SSSR count). The van der Waals surface area contributed by atoms with Crippen LogP contribution in [0.25, 0.3) is 0 Å². The van der Waals surface area contributed by atoms with Gasteiger partial charge in [0.1, 0.15) is 0 Å². The summed E-state index contributed by atoms with van der Waals surface area (Å²) >= 11 is 1.90. The second-order valence-corrected chi connectivity index (χ2v) is 4.91. The second-order valence-electron chi connectivity index (χ2n) is 3.92. The first-order chi connectivity index (χ1) is 7.31. The van der Waals surface area contributed by atoms with Crippen molar-refractivity contribution in [1.82, 2.24) is 9.80 Å². The monoisotopic (exact) mass is 227 g/mol. The lowest BCUT2D eigenvalue weighted by Crippen LogP contribution is -2.50. The average molecular weight is 227 g/mol. The van der Waals surface area contributed by atoms with Crippen LogP contribution < -0.4 is 0 Å². The van der Waals surface area contributed by atoms with Gasteiger partial charge < -0.3 is 0 Å². The summed E-state index contributed by atoms with van der Waals surface area (Å²) in [5.74, 6) is 1.22. The Kier molecular flexibility index (Phi) is 6.07. The maximum Gasteiger partial charge on any atom is 0.0976 e. The molecule has 0 aliphatic carbocycles. The van der Waals surface area contributed by atoms with E-state index in [4.69, 9.17) is 5.26 Å². The van der Waals surface area contributed by atoms with E-state index in [0.717, 1.165) is 32.6 Å². The van der Waals surface area contributed by atoms with E-state index in [2.05, 4.69) is 29.0 Å². The van der Waals surface area contributed by atoms with Crippen LogP contribution in [-0.4, -0.2) is 60.6 Å². The number of hydrogen-bond donors (Lipinski definition) is 0. The molecule has 1 heterocycles. The van der Waals surface area contributed by atoms with Crippen LogP contribution in [0, 0.1) is 11.3 Å². The minimum Gasteiger partial charge on any atom is -0.300 e. The lowest BCUT2D eigenvalue weighted by atomic mass is 10.2. The minimum atomic E-state index is 0.132. The van der Waals surface area contributed by atoms with Crippen LogP contribution in [0.2, 0.25) is 0 Å². The molecule has 4 heteroatoms. The molecule has 0 amide bonds. The molecule has 1 atom stereocenters. The first kappa shape index (κ1) is 12.8. The van der Waals surface area contributed by atoms with Gasteiger partial charge in [-0.2, -0.15) is 17.0 Å². The van der Waals surface area contributed by atoms with E-state index in [1.165, 1.54) is 12.3 Å². The summed E-state index contributed by atoms with van der Waals surface area (Å²) in [7, 11) is 0. The first-order valence-electron chi connectivity index (χ1n) is 5.66. The summed E-state index contributed by atoms with van der Waals surface area (Å²) in [5.41, 5.74) is 0. The molecule has 1 fully saturated rings. The summed E-state index contributed by atoms with van der Waals surface area (Å²) in [6.07, 6.45) is 3.10. The quantitative estimate of drug-likeness (QED) is 0.707. The molecule has 0 aromatic carbocycles. The Hall–Kier alpha value is -0.240. The Morgan fingerprint density at radius 1 is 1.33 bits per heavy atom. The predicted molar refractivity (Wildman–Crippen MR) is 66.1 cm³/mol. The zero-order valence-electron chi connectivity index (χ0n) is 9.78. The Balaban J connectivity index is 2.26. The zero-order chi connectivity index (χ0) is 11.1. The van der Waals surface area contributed by atoms with Crippen LogP contribution in [0.5, 0.6) is 0 Å². The van der Waals surface area contributed by atoms with Gasteiger partial charge in [-0.15, -0.1) is 0 Å². The standard InChI is InChI=1S/C11H21N3S/c1-3-11(10-12)14-6-4-13(5-7-14)8-9-15-2/h11H,3-9H2,1-2H3. The van der Waals surface area contributed by atoms with E-state index >= 15 is 0 Å². The molecule has 0 saturated carbocycles. The van der Waals surface area contributed by atoms with Gasteiger partial charge in [0.05, 0.1) is 12.1 Å². The summed E-state index contributed by atoms with van der Waals surface area (Å²) < 4.78 is 0. The fourth-order valence-corrected chi connectivity index (χ4v) is 2.39. The molecule has 1 saturated heterocycles. The first-order valence-corrected chi connectivity index (χ1v) is 7.06. The highest BCUT2D eigenvalue weighted by molar-refractivity contribution is 7.98. The maximum absolute atomic E-state index is 8.98. The molecule has 0 bridgehead atoms. The van der Waals surface area contributed by atoms with Crippen molar-refractivity contribution >= 4 is 11.8 Å². The third kappa shape index (κ3) is 4.02. The highest BCUT2D eigenvalue weighted by atomic mass is 32.2. The molecular formula is C11H21N3S. The number of thioether (sulfide) groups is 1. The van der Waals surface area contributed by atoms with Crippen LogP contribution in [0.15, 0.2) is 0 Å². The molecule has 0 radical (unpaired) electrons. The molecule has 1 aliphatic heterocycles. The van der Waals surface area contributed by atoms with Gasteiger partial charge in [0.25, 0.3) is 0 Å². The third-order valence-corrected chi connectivity index (χ3v) is 3.59. The van der Waals surface area contributed by atoms with Gasteiger partial charge in [0, 0.05) is 38.5 Å². The van der Waals surface area contributed by atoms with Crippen LogP contribution in [0.1, 0.15) is 13.3 Å². The van der Waals surface area contributed by atoms with Gasteiger partial charge in [0.2, 0.25) is 0 Å². The van der Waals surface area contributed by atoms with Crippen molar-refractivity contribution in [2.24, 2.45) is 0 Å². The molecule has 0 N–H and O–H groups in total. The summed E-state index contributed by atoms with van der Waals surface area (Å²) in [4.78, 5) is 4.81. The van der Waals surface area contributed by atoms with Gasteiger partial charge in [-0.3, -0.25) is 9.80 Å². The molecule has 0 aromatic rings. The largest absolute Gasteiger partial charge is 0.300 e. The molecular weight excluding hydrogens is 206 g/mol. The van der Waals surface area contributed by atoms with E-state index in [1.54, 1.807) is 0 Å². The molecule has 3 nitrogen and oxygen atoms in total. The number of nitrogens with zero attached hydrogens (tertiary/aromatic N) is 3. The highest BCUT2D eigenvalue weighted by Gasteiger charge is 2.21. The SMILES string of the molecule is CCC(C#N)N1CCN(CCSC)CC1. The molecule has 0 aromatic heterocycles. The zero-order valence-corrected chi connectivity index (χ0v) is 10.6. The Morgan fingerprint density at radius 3 is 2.47 bits per heavy atom. The van der Waals surface area contributed by atoms with Crippen molar-refractivity contribution in [3.8, 4) is 6.07 Å². The van der Waals surface area contributed by atoms with Crippen LogP contribution in [0.4, 0.5) is 0 Å². The summed E-state index contributed by atoms with van der Waals surface area (Å²) in [6, 6.07) is 2.51. The van der Waals surface area contributed by atoms with Gasteiger partial charge in [-0.25, -0.2) is 0 Å². The van der Waals surface area contributed by atoms with E-state index in [9.17, 15) is 0 Å². The van der Waals surface area contributed by atoms with Crippen LogP contribution >= 0.6 is 11.8 Å².